The summed E-state index contributed by atoms with van der Waals surface area (Å²) in [6, 6.07) is 8.14. The fourth-order valence-corrected chi connectivity index (χ4v) is 2.19. The van der Waals surface area contributed by atoms with Crippen LogP contribution in [0, 0.1) is 12.3 Å². The van der Waals surface area contributed by atoms with E-state index in [0.29, 0.717) is 19.6 Å². The smallest absolute Gasteiger partial charge is 0.226 e. The molecule has 0 N–H and O–H groups in total. The van der Waals surface area contributed by atoms with Crippen LogP contribution < -0.4 is 0 Å². The van der Waals surface area contributed by atoms with E-state index in [9.17, 15) is 4.79 Å². The van der Waals surface area contributed by atoms with Crippen molar-refractivity contribution in [2.24, 2.45) is 0 Å². The second kappa shape index (κ2) is 5.70. The predicted molar refractivity (Wildman–Crippen MR) is 69.9 cm³/mol. The first-order chi connectivity index (χ1) is 8.72. The van der Waals surface area contributed by atoms with Crippen molar-refractivity contribution in [3.63, 3.8) is 0 Å². The summed E-state index contributed by atoms with van der Waals surface area (Å²) in [6.45, 7) is 1.01. The van der Waals surface area contributed by atoms with Gasteiger partial charge in [-0.05, 0) is 17.5 Å². The van der Waals surface area contributed by atoms with Gasteiger partial charge in [-0.1, -0.05) is 30.2 Å². The molecular formula is C15H17NO2. The molecule has 1 aliphatic rings. The van der Waals surface area contributed by atoms with Crippen LogP contribution in [0.2, 0.25) is 0 Å². The molecular weight excluding hydrogens is 226 g/mol. The molecule has 3 heteroatoms. The molecule has 0 aliphatic carbocycles. The fourth-order valence-electron chi connectivity index (χ4n) is 2.19. The molecule has 1 aromatic rings. The van der Waals surface area contributed by atoms with Crippen molar-refractivity contribution in [1.82, 2.24) is 4.90 Å². The number of fused-ring (bicyclic) bond motifs is 1. The van der Waals surface area contributed by atoms with Gasteiger partial charge in [-0.15, -0.1) is 6.42 Å². The molecule has 18 heavy (non-hydrogen) atoms. The highest BCUT2D eigenvalue weighted by atomic mass is 16.5. The number of ether oxygens (including phenoxy) is 1. The Labute approximate surface area is 108 Å². The molecule has 0 aromatic heterocycles. The molecule has 3 nitrogen and oxygen atoms in total. The van der Waals surface area contributed by atoms with Gasteiger partial charge in [0.15, 0.2) is 0 Å². The van der Waals surface area contributed by atoms with Gasteiger partial charge in [-0.25, -0.2) is 0 Å². The molecule has 1 heterocycles. The monoisotopic (exact) mass is 243 g/mol. The van der Waals surface area contributed by atoms with Gasteiger partial charge in [0.2, 0.25) is 5.91 Å². The molecule has 94 valence electrons. The number of benzene rings is 1. The maximum atomic E-state index is 12.0. The van der Waals surface area contributed by atoms with Crippen LogP contribution in [0.1, 0.15) is 23.7 Å². The third-order valence-corrected chi connectivity index (χ3v) is 3.21. The van der Waals surface area contributed by atoms with Crippen molar-refractivity contribution in [2.75, 3.05) is 20.2 Å². The molecule has 2 rings (SSSR count). The van der Waals surface area contributed by atoms with Gasteiger partial charge in [0.25, 0.3) is 0 Å². The highest BCUT2D eigenvalue weighted by Gasteiger charge is 2.24. The van der Waals surface area contributed by atoms with E-state index in [1.165, 1.54) is 5.56 Å². The highest BCUT2D eigenvalue weighted by Crippen LogP contribution is 2.29. The van der Waals surface area contributed by atoms with Crippen LogP contribution in [0.3, 0.4) is 0 Å². The third-order valence-electron chi connectivity index (χ3n) is 3.21. The van der Waals surface area contributed by atoms with Crippen molar-refractivity contribution in [2.45, 2.75) is 18.9 Å². The second-order valence-corrected chi connectivity index (χ2v) is 4.47. The Balaban J connectivity index is 2.08. The first kappa shape index (κ1) is 12.7. The molecule has 0 bridgehead atoms. The first-order valence-corrected chi connectivity index (χ1v) is 6.09. The van der Waals surface area contributed by atoms with Crippen LogP contribution in [0.4, 0.5) is 0 Å². The summed E-state index contributed by atoms with van der Waals surface area (Å²) in [5.74, 6) is 2.49. The number of nitrogens with zero attached hydrogens (tertiary/aromatic N) is 1. The Hall–Kier alpha value is -1.79. The minimum Gasteiger partial charge on any atom is -0.373 e. The Morgan fingerprint density at radius 1 is 1.56 bits per heavy atom. The van der Waals surface area contributed by atoms with E-state index in [1.807, 2.05) is 18.2 Å². The summed E-state index contributed by atoms with van der Waals surface area (Å²) in [7, 11) is 1.72. The van der Waals surface area contributed by atoms with Crippen molar-refractivity contribution < 1.29 is 9.53 Å². The van der Waals surface area contributed by atoms with E-state index >= 15 is 0 Å². The number of carbonyl (C=O) groups excluding carboxylic acids is 1. The molecule has 0 spiro atoms. The first-order valence-electron chi connectivity index (χ1n) is 6.09. The molecule has 1 amide bonds. The minimum absolute atomic E-state index is 0.0228. The molecule has 0 radical (unpaired) electrons. The van der Waals surface area contributed by atoms with Crippen molar-refractivity contribution in [3.05, 3.63) is 35.4 Å². The van der Waals surface area contributed by atoms with E-state index in [2.05, 4.69) is 12.0 Å². The lowest BCUT2D eigenvalue weighted by atomic mass is 9.95. The number of amides is 1. The number of carbonyl (C=O) groups is 1. The molecule has 1 aliphatic heterocycles. The van der Waals surface area contributed by atoms with Gasteiger partial charge < -0.3 is 9.64 Å². The standard InChI is InChI=1S/C15H17NO2/c1-3-9-16(2)15(17)11-14-13-7-5-4-6-12(13)8-10-18-14/h1,4-7,14H,8-11H2,2H3. The Bertz CT molecular complexity index is 476. The van der Waals surface area contributed by atoms with Crippen LogP contribution >= 0.6 is 0 Å². The zero-order chi connectivity index (χ0) is 13.0. The van der Waals surface area contributed by atoms with E-state index in [1.54, 1.807) is 11.9 Å². The van der Waals surface area contributed by atoms with Gasteiger partial charge in [0.1, 0.15) is 0 Å². The summed E-state index contributed by atoms with van der Waals surface area (Å²) in [6.07, 6.45) is 6.34. The Morgan fingerprint density at radius 2 is 2.33 bits per heavy atom. The Morgan fingerprint density at radius 3 is 3.11 bits per heavy atom. The number of rotatable bonds is 3. The van der Waals surface area contributed by atoms with E-state index < -0.39 is 0 Å². The summed E-state index contributed by atoms with van der Waals surface area (Å²) in [4.78, 5) is 13.5. The predicted octanol–water partition coefficient (Wildman–Crippen LogP) is 1.78. The maximum Gasteiger partial charge on any atom is 0.226 e. The van der Waals surface area contributed by atoms with Gasteiger partial charge in [-0.2, -0.15) is 0 Å². The van der Waals surface area contributed by atoms with E-state index in [-0.39, 0.29) is 12.0 Å². The van der Waals surface area contributed by atoms with Crippen molar-refractivity contribution in [3.8, 4) is 12.3 Å². The lowest BCUT2D eigenvalue weighted by Crippen LogP contribution is -2.30. The largest absolute Gasteiger partial charge is 0.373 e. The van der Waals surface area contributed by atoms with Crippen molar-refractivity contribution in [1.29, 1.82) is 0 Å². The maximum absolute atomic E-state index is 12.0. The summed E-state index contributed by atoms with van der Waals surface area (Å²) < 4.78 is 5.70. The average molecular weight is 243 g/mol. The summed E-state index contributed by atoms with van der Waals surface area (Å²) in [5.41, 5.74) is 2.41. The SMILES string of the molecule is C#CCN(C)C(=O)CC1OCCc2ccccc21. The van der Waals surface area contributed by atoms with E-state index in [0.717, 1.165) is 12.0 Å². The molecule has 1 unspecified atom stereocenters. The normalized spacial score (nSPS) is 17.7. The summed E-state index contributed by atoms with van der Waals surface area (Å²) >= 11 is 0. The van der Waals surface area contributed by atoms with Gasteiger partial charge in [0.05, 0.1) is 25.7 Å². The van der Waals surface area contributed by atoms with Crippen LogP contribution in [-0.4, -0.2) is 31.0 Å². The highest BCUT2D eigenvalue weighted by molar-refractivity contribution is 5.77. The summed E-state index contributed by atoms with van der Waals surface area (Å²) in [5, 5.41) is 0. The van der Waals surface area contributed by atoms with Crippen LogP contribution in [0.15, 0.2) is 24.3 Å². The van der Waals surface area contributed by atoms with Crippen LogP contribution in [0.5, 0.6) is 0 Å². The van der Waals surface area contributed by atoms with Crippen LogP contribution in [-0.2, 0) is 16.0 Å². The molecule has 0 saturated heterocycles. The third kappa shape index (κ3) is 2.72. The average Bonchev–Trinajstić information content (AvgIpc) is 2.39. The lowest BCUT2D eigenvalue weighted by molar-refractivity contribution is -0.132. The zero-order valence-corrected chi connectivity index (χ0v) is 10.6. The zero-order valence-electron chi connectivity index (χ0n) is 10.6. The molecule has 1 atom stereocenters. The minimum atomic E-state index is -0.136. The topological polar surface area (TPSA) is 29.5 Å². The number of hydrogen-bond donors (Lipinski definition) is 0. The lowest BCUT2D eigenvalue weighted by Gasteiger charge is -2.27. The Kier molecular flexibility index (Phi) is 4.01. The second-order valence-electron chi connectivity index (χ2n) is 4.47. The molecule has 0 saturated carbocycles. The number of terminal acetylenes is 1. The fraction of sp³-hybridized carbons (Fsp3) is 0.400. The molecule has 0 fully saturated rings. The van der Waals surface area contributed by atoms with E-state index in [4.69, 9.17) is 11.2 Å². The van der Waals surface area contributed by atoms with Crippen LogP contribution in [0.25, 0.3) is 0 Å². The van der Waals surface area contributed by atoms with Gasteiger partial charge in [-0.3, -0.25) is 4.79 Å². The van der Waals surface area contributed by atoms with Gasteiger partial charge in [0, 0.05) is 7.05 Å². The number of hydrogen-bond acceptors (Lipinski definition) is 2. The quantitative estimate of drug-likeness (QED) is 0.757. The van der Waals surface area contributed by atoms with Crippen molar-refractivity contribution >= 4 is 5.91 Å². The molecule has 1 aromatic carbocycles. The van der Waals surface area contributed by atoms with Gasteiger partial charge >= 0.3 is 0 Å².